The van der Waals surface area contributed by atoms with Crippen molar-refractivity contribution in [3.05, 3.63) is 24.0 Å². The molecule has 98 valence electrons. The van der Waals surface area contributed by atoms with Crippen molar-refractivity contribution in [2.24, 2.45) is 5.73 Å². The number of nitrogens with zero attached hydrogens (tertiary/aromatic N) is 2. The molecule has 1 aliphatic heterocycles. The summed E-state index contributed by atoms with van der Waals surface area (Å²) in [5.41, 5.74) is 5.82. The Balaban J connectivity index is 2.19. The molecular formula is C12H17N3O3. The van der Waals surface area contributed by atoms with Crippen LogP contribution in [-0.4, -0.2) is 52.7 Å². The van der Waals surface area contributed by atoms with Crippen molar-refractivity contribution < 1.29 is 14.6 Å². The van der Waals surface area contributed by atoms with Gasteiger partial charge in [0.15, 0.2) is 0 Å². The second-order valence-corrected chi connectivity index (χ2v) is 4.39. The number of amides is 1. The van der Waals surface area contributed by atoms with Gasteiger partial charge in [0.25, 0.3) is 5.91 Å². The summed E-state index contributed by atoms with van der Waals surface area (Å²) < 4.78 is 5.49. The van der Waals surface area contributed by atoms with E-state index in [-0.39, 0.29) is 29.4 Å². The Morgan fingerprint density at radius 2 is 2.50 bits per heavy atom. The van der Waals surface area contributed by atoms with E-state index in [2.05, 4.69) is 4.98 Å². The third-order valence-electron chi connectivity index (χ3n) is 3.06. The van der Waals surface area contributed by atoms with Gasteiger partial charge in [-0.15, -0.1) is 0 Å². The van der Waals surface area contributed by atoms with E-state index in [1.54, 1.807) is 4.90 Å². The molecule has 0 radical (unpaired) electrons. The van der Waals surface area contributed by atoms with Crippen LogP contribution < -0.4 is 5.73 Å². The number of morpholine rings is 1. The van der Waals surface area contributed by atoms with Crippen LogP contribution in [0, 0.1) is 0 Å². The summed E-state index contributed by atoms with van der Waals surface area (Å²) in [6.45, 7) is 3.18. The highest BCUT2D eigenvalue weighted by Gasteiger charge is 2.30. The molecule has 0 bridgehead atoms. The van der Waals surface area contributed by atoms with E-state index in [9.17, 15) is 9.90 Å². The molecule has 1 fully saturated rings. The summed E-state index contributed by atoms with van der Waals surface area (Å²) in [4.78, 5) is 17.8. The quantitative estimate of drug-likeness (QED) is 0.771. The minimum absolute atomic E-state index is 0.0344. The summed E-state index contributed by atoms with van der Waals surface area (Å²) in [6.07, 6.45) is 2.60. The van der Waals surface area contributed by atoms with Crippen molar-refractivity contribution in [3.63, 3.8) is 0 Å². The lowest BCUT2D eigenvalue weighted by molar-refractivity contribution is -0.0426. The zero-order valence-corrected chi connectivity index (χ0v) is 10.2. The first-order chi connectivity index (χ1) is 8.63. The zero-order chi connectivity index (χ0) is 13.1. The number of pyridine rings is 1. The number of carbonyl (C=O) groups is 1. The molecule has 6 heteroatoms. The van der Waals surface area contributed by atoms with E-state index in [0.29, 0.717) is 19.7 Å². The average molecular weight is 251 g/mol. The van der Waals surface area contributed by atoms with E-state index in [0.717, 1.165) is 0 Å². The highest BCUT2D eigenvalue weighted by Crippen LogP contribution is 2.20. The standard InChI is InChI=1S/C12H17N3O3/c1-8-7-18-9(4-13)6-15(8)12(17)10-2-3-14-5-11(10)16/h2-3,5,8-9,16H,4,6-7,13H2,1H3. The minimum atomic E-state index is -0.218. The molecule has 2 unspecified atom stereocenters. The Bertz CT molecular complexity index is 438. The Labute approximate surface area is 105 Å². The third kappa shape index (κ3) is 2.44. The molecule has 0 saturated carbocycles. The molecule has 3 N–H and O–H groups in total. The molecule has 0 aromatic carbocycles. The van der Waals surface area contributed by atoms with Crippen LogP contribution in [0.15, 0.2) is 18.5 Å². The maximum atomic E-state index is 12.3. The van der Waals surface area contributed by atoms with Gasteiger partial charge in [-0.05, 0) is 13.0 Å². The van der Waals surface area contributed by atoms with Crippen molar-refractivity contribution >= 4 is 5.91 Å². The number of aromatic nitrogens is 1. The van der Waals surface area contributed by atoms with Gasteiger partial charge < -0.3 is 20.5 Å². The van der Waals surface area contributed by atoms with Gasteiger partial charge >= 0.3 is 0 Å². The van der Waals surface area contributed by atoms with Gasteiger partial charge in [-0.2, -0.15) is 0 Å². The van der Waals surface area contributed by atoms with Crippen LogP contribution in [-0.2, 0) is 4.74 Å². The Morgan fingerprint density at radius 1 is 1.72 bits per heavy atom. The monoisotopic (exact) mass is 251 g/mol. The van der Waals surface area contributed by atoms with Crippen LogP contribution in [0.5, 0.6) is 5.75 Å². The lowest BCUT2D eigenvalue weighted by Gasteiger charge is -2.37. The molecule has 1 amide bonds. The fourth-order valence-electron chi connectivity index (χ4n) is 1.96. The van der Waals surface area contributed by atoms with Crippen molar-refractivity contribution in [2.75, 3.05) is 19.7 Å². The number of aromatic hydroxyl groups is 1. The largest absolute Gasteiger partial charge is 0.505 e. The molecule has 18 heavy (non-hydrogen) atoms. The van der Waals surface area contributed by atoms with Gasteiger partial charge in [-0.25, -0.2) is 0 Å². The lowest BCUT2D eigenvalue weighted by atomic mass is 10.1. The molecule has 2 rings (SSSR count). The Hall–Kier alpha value is -1.66. The smallest absolute Gasteiger partial charge is 0.258 e. The van der Waals surface area contributed by atoms with Crippen molar-refractivity contribution in [1.29, 1.82) is 0 Å². The third-order valence-corrected chi connectivity index (χ3v) is 3.06. The zero-order valence-electron chi connectivity index (χ0n) is 10.2. The number of rotatable bonds is 2. The van der Waals surface area contributed by atoms with E-state index in [4.69, 9.17) is 10.5 Å². The number of carbonyl (C=O) groups excluding carboxylic acids is 1. The molecule has 2 heterocycles. The summed E-state index contributed by atoms with van der Waals surface area (Å²) in [6, 6.07) is 1.48. The molecule has 1 aliphatic rings. The Morgan fingerprint density at radius 3 is 3.17 bits per heavy atom. The van der Waals surface area contributed by atoms with Crippen LogP contribution in [0.1, 0.15) is 17.3 Å². The second-order valence-electron chi connectivity index (χ2n) is 4.39. The van der Waals surface area contributed by atoms with Gasteiger partial charge in [0, 0.05) is 19.3 Å². The van der Waals surface area contributed by atoms with Crippen molar-refractivity contribution in [1.82, 2.24) is 9.88 Å². The first-order valence-corrected chi connectivity index (χ1v) is 5.89. The highest BCUT2D eigenvalue weighted by atomic mass is 16.5. The fraction of sp³-hybridized carbons (Fsp3) is 0.500. The maximum absolute atomic E-state index is 12.3. The highest BCUT2D eigenvalue weighted by molar-refractivity contribution is 5.96. The molecule has 0 aliphatic carbocycles. The first kappa shape index (κ1) is 12.8. The van der Waals surface area contributed by atoms with Gasteiger partial charge in [0.05, 0.1) is 30.5 Å². The SMILES string of the molecule is CC1COC(CN)CN1C(=O)c1ccncc1O. The van der Waals surface area contributed by atoms with E-state index < -0.39 is 0 Å². The van der Waals surface area contributed by atoms with E-state index in [1.807, 2.05) is 6.92 Å². The van der Waals surface area contributed by atoms with E-state index >= 15 is 0 Å². The molecule has 1 saturated heterocycles. The van der Waals surface area contributed by atoms with Crippen LogP contribution in [0.3, 0.4) is 0 Å². The van der Waals surface area contributed by atoms with Crippen LogP contribution in [0.4, 0.5) is 0 Å². The topological polar surface area (TPSA) is 88.7 Å². The predicted octanol–water partition coefficient (Wildman–Crippen LogP) is -0.0246. The molecule has 0 spiro atoms. The second kappa shape index (κ2) is 5.32. The van der Waals surface area contributed by atoms with Gasteiger partial charge in [0.2, 0.25) is 0 Å². The summed E-state index contributed by atoms with van der Waals surface area (Å²) in [5.74, 6) is -0.324. The minimum Gasteiger partial charge on any atom is -0.505 e. The lowest BCUT2D eigenvalue weighted by Crippen LogP contribution is -2.52. The maximum Gasteiger partial charge on any atom is 0.258 e. The van der Waals surface area contributed by atoms with Gasteiger partial charge in [0.1, 0.15) is 5.75 Å². The summed E-state index contributed by atoms with van der Waals surface area (Å²) in [5, 5.41) is 9.65. The van der Waals surface area contributed by atoms with Gasteiger partial charge in [-0.3, -0.25) is 9.78 Å². The van der Waals surface area contributed by atoms with Crippen LogP contribution in [0.2, 0.25) is 0 Å². The molecule has 2 atom stereocenters. The summed E-state index contributed by atoms with van der Waals surface area (Å²) >= 11 is 0. The fourth-order valence-corrected chi connectivity index (χ4v) is 1.96. The van der Waals surface area contributed by atoms with Crippen LogP contribution >= 0.6 is 0 Å². The predicted molar refractivity (Wildman–Crippen MR) is 65.2 cm³/mol. The first-order valence-electron chi connectivity index (χ1n) is 5.89. The number of hydrogen-bond acceptors (Lipinski definition) is 5. The molecule has 1 aromatic heterocycles. The number of hydrogen-bond donors (Lipinski definition) is 2. The number of nitrogens with two attached hydrogens (primary N) is 1. The number of ether oxygens (including phenoxy) is 1. The van der Waals surface area contributed by atoms with Gasteiger partial charge in [-0.1, -0.05) is 0 Å². The molecule has 6 nitrogen and oxygen atoms in total. The summed E-state index contributed by atoms with van der Waals surface area (Å²) in [7, 11) is 0. The van der Waals surface area contributed by atoms with E-state index in [1.165, 1.54) is 18.5 Å². The molecule has 1 aromatic rings. The average Bonchev–Trinajstić information content (AvgIpc) is 2.39. The van der Waals surface area contributed by atoms with Crippen LogP contribution in [0.25, 0.3) is 0 Å². The van der Waals surface area contributed by atoms with Crippen molar-refractivity contribution in [3.8, 4) is 5.75 Å². The van der Waals surface area contributed by atoms with Crippen molar-refractivity contribution in [2.45, 2.75) is 19.1 Å². The normalized spacial score (nSPS) is 24.0. The Kier molecular flexibility index (Phi) is 3.78. The molecular weight excluding hydrogens is 234 g/mol.